The second-order valence-electron chi connectivity index (χ2n) is 6.09. The van der Waals surface area contributed by atoms with Crippen LogP contribution in [0.2, 0.25) is 0 Å². The summed E-state index contributed by atoms with van der Waals surface area (Å²) in [7, 11) is 0. The lowest BCUT2D eigenvalue weighted by molar-refractivity contribution is -0.0627. The summed E-state index contributed by atoms with van der Waals surface area (Å²) < 4.78 is 23.2. The van der Waals surface area contributed by atoms with E-state index in [1.54, 1.807) is 4.90 Å². The average Bonchev–Trinajstić information content (AvgIpc) is 2.48. The van der Waals surface area contributed by atoms with E-state index in [1.807, 2.05) is 34.6 Å². The Morgan fingerprint density at radius 2 is 2.11 bits per heavy atom. The molecule has 4 nitrogen and oxygen atoms in total. The van der Waals surface area contributed by atoms with Crippen LogP contribution < -0.4 is 0 Å². The van der Waals surface area contributed by atoms with Gasteiger partial charge in [0.05, 0.1) is 19.3 Å². The first kappa shape index (κ1) is 15.2. The zero-order chi connectivity index (χ0) is 14.0. The first-order chi connectivity index (χ1) is 8.17. The molecule has 0 aromatic heterocycles. The lowest BCUT2D eigenvalue weighted by atomic mass is 10.1. The van der Waals surface area contributed by atoms with Gasteiger partial charge in [-0.25, -0.2) is 4.79 Å². The van der Waals surface area contributed by atoms with E-state index in [0.29, 0.717) is 19.4 Å². The minimum Gasteiger partial charge on any atom is -0.444 e. The summed E-state index contributed by atoms with van der Waals surface area (Å²) in [6.45, 7) is 9.19. The topological polar surface area (TPSA) is 38.8 Å². The number of rotatable bonds is 3. The molecule has 0 bridgehead atoms. The number of ether oxygens (including phenoxy) is 2. The van der Waals surface area contributed by atoms with E-state index in [2.05, 4.69) is 0 Å². The standard InChI is InChI=1S/C13H24FNO3/c1-12(2,3)18-11(16)15-10(7-6-8-14)9-17-13(15,4)5/h10H,6-9H2,1-5H3/t10-/m0/s1. The Bertz CT molecular complexity index is 299. The van der Waals surface area contributed by atoms with E-state index in [4.69, 9.17) is 9.47 Å². The summed E-state index contributed by atoms with van der Waals surface area (Å²) >= 11 is 0. The van der Waals surface area contributed by atoms with Gasteiger partial charge >= 0.3 is 6.09 Å². The van der Waals surface area contributed by atoms with Crippen LogP contribution >= 0.6 is 0 Å². The largest absolute Gasteiger partial charge is 0.444 e. The van der Waals surface area contributed by atoms with Gasteiger partial charge in [0.25, 0.3) is 0 Å². The highest BCUT2D eigenvalue weighted by atomic mass is 19.1. The average molecular weight is 261 g/mol. The quantitative estimate of drug-likeness (QED) is 0.783. The molecule has 0 N–H and O–H groups in total. The Kier molecular flexibility index (Phi) is 4.59. The lowest BCUT2D eigenvalue weighted by Gasteiger charge is -2.35. The maximum absolute atomic E-state index is 12.3. The van der Waals surface area contributed by atoms with E-state index in [9.17, 15) is 9.18 Å². The highest BCUT2D eigenvalue weighted by Gasteiger charge is 2.45. The maximum atomic E-state index is 12.3. The summed E-state index contributed by atoms with van der Waals surface area (Å²) in [6.07, 6.45) is 0.636. The third-order valence-electron chi connectivity index (χ3n) is 2.84. The molecule has 0 unspecified atom stereocenters. The highest BCUT2D eigenvalue weighted by molar-refractivity contribution is 5.69. The molecule has 1 aliphatic rings. The van der Waals surface area contributed by atoms with E-state index in [1.165, 1.54) is 0 Å². The molecule has 0 aromatic carbocycles. The minimum atomic E-state index is -0.691. The predicted octanol–water partition coefficient (Wildman–Crippen LogP) is 3.11. The van der Waals surface area contributed by atoms with Gasteiger partial charge in [0.15, 0.2) is 0 Å². The molecule has 1 saturated heterocycles. The molecule has 1 aliphatic heterocycles. The van der Waals surface area contributed by atoms with Crippen LogP contribution in [0.3, 0.4) is 0 Å². The molecule has 1 heterocycles. The van der Waals surface area contributed by atoms with Crippen LogP contribution in [0.4, 0.5) is 9.18 Å². The molecule has 18 heavy (non-hydrogen) atoms. The van der Waals surface area contributed by atoms with Gasteiger partial charge in [-0.3, -0.25) is 9.29 Å². The second kappa shape index (κ2) is 5.43. The summed E-state index contributed by atoms with van der Waals surface area (Å²) in [5.41, 5.74) is -1.23. The summed E-state index contributed by atoms with van der Waals surface area (Å²) in [6, 6.07) is -0.106. The Labute approximate surface area is 108 Å². The van der Waals surface area contributed by atoms with Crippen molar-refractivity contribution < 1.29 is 18.7 Å². The van der Waals surface area contributed by atoms with E-state index >= 15 is 0 Å². The van der Waals surface area contributed by atoms with E-state index in [-0.39, 0.29) is 12.7 Å². The zero-order valence-corrected chi connectivity index (χ0v) is 12.0. The SMILES string of the molecule is CC(C)(C)OC(=O)N1[C@@H](CCCF)COC1(C)C. The van der Waals surface area contributed by atoms with Gasteiger partial charge in [-0.1, -0.05) is 0 Å². The van der Waals surface area contributed by atoms with Crippen LogP contribution in [-0.4, -0.2) is 41.6 Å². The molecule has 0 spiro atoms. The van der Waals surface area contributed by atoms with E-state index < -0.39 is 17.4 Å². The number of nitrogens with zero attached hydrogens (tertiary/aromatic N) is 1. The van der Waals surface area contributed by atoms with Gasteiger partial charge < -0.3 is 9.47 Å². The van der Waals surface area contributed by atoms with Gasteiger partial charge in [-0.2, -0.15) is 0 Å². The third kappa shape index (κ3) is 3.83. The van der Waals surface area contributed by atoms with Crippen molar-refractivity contribution in [3.05, 3.63) is 0 Å². The van der Waals surface area contributed by atoms with Crippen molar-refractivity contribution in [3.8, 4) is 0 Å². The normalized spacial score (nSPS) is 23.2. The van der Waals surface area contributed by atoms with Crippen LogP contribution in [0.1, 0.15) is 47.5 Å². The molecule has 0 aliphatic carbocycles. The van der Waals surface area contributed by atoms with Gasteiger partial charge in [0, 0.05) is 0 Å². The number of amides is 1. The molecule has 1 rings (SSSR count). The zero-order valence-electron chi connectivity index (χ0n) is 12.0. The molecular formula is C13H24FNO3. The lowest BCUT2D eigenvalue weighted by Crippen LogP contribution is -2.49. The first-order valence-corrected chi connectivity index (χ1v) is 6.39. The fraction of sp³-hybridized carbons (Fsp3) is 0.923. The van der Waals surface area contributed by atoms with Crippen LogP contribution in [-0.2, 0) is 9.47 Å². The summed E-state index contributed by atoms with van der Waals surface area (Å²) in [5.74, 6) is 0. The summed E-state index contributed by atoms with van der Waals surface area (Å²) in [4.78, 5) is 13.8. The van der Waals surface area contributed by atoms with Crippen LogP contribution in [0.25, 0.3) is 0 Å². The fourth-order valence-electron chi connectivity index (χ4n) is 2.09. The molecule has 5 heteroatoms. The molecule has 1 atom stereocenters. The Morgan fingerprint density at radius 1 is 1.50 bits per heavy atom. The minimum absolute atomic E-state index is 0.106. The van der Waals surface area contributed by atoms with Gasteiger partial charge in [-0.05, 0) is 47.5 Å². The molecular weight excluding hydrogens is 237 g/mol. The van der Waals surface area contributed by atoms with Gasteiger partial charge in [0.2, 0.25) is 0 Å². The maximum Gasteiger partial charge on any atom is 0.412 e. The van der Waals surface area contributed by atoms with Gasteiger partial charge in [0.1, 0.15) is 11.3 Å². The van der Waals surface area contributed by atoms with Crippen molar-refractivity contribution in [2.24, 2.45) is 0 Å². The second-order valence-corrected chi connectivity index (χ2v) is 6.09. The van der Waals surface area contributed by atoms with Crippen molar-refractivity contribution >= 4 is 6.09 Å². The van der Waals surface area contributed by atoms with Crippen molar-refractivity contribution in [3.63, 3.8) is 0 Å². The molecule has 0 radical (unpaired) electrons. The Morgan fingerprint density at radius 3 is 2.61 bits per heavy atom. The van der Waals surface area contributed by atoms with Crippen LogP contribution in [0.5, 0.6) is 0 Å². The predicted molar refractivity (Wildman–Crippen MR) is 67.1 cm³/mol. The molecule has 1 amide bonds. The monoisotopic (exact) mass is 261 g/mol. The number of hydrogen-bond acceptors (Lipinski definition) is 3. The smallest absolute Gasteiger partial charge is 0.412 e. The number of carbonyl (C=O) groups excluding carboxylic acids is 1. The van der Waals surface area contributed by atoms with Crippen LogP contribution in [0.15, 0.2) is 0 Å². The fourth-order valence-corrected chi connectivity index (χ4v) is 2.09. The number of alkyl halides is 1. The molecule has 0 aromatic rings. The van der Waals surface area contributed by atoms with Crippen molar-refractivity contribution in [1.29, 1.82) is 0 Å². The van der Waals surface area contributed by atoms with Crippen molar-refractivity contribution in [2.75, 3.05) is 13.3 Å². The van der Waals surface area contributed by atoms with Gasteiger partial charge in [-0.15, -0.1) is 0 Å². The first-order valence-electron chi connectivity index (χ1n) is 6.39. The molecule has 0 saturated carbocycles. The highest BCUT2D eigenvalue weighted by Crippen LogP contribution is 2.31. The third-order valence-corrected chi connectivity index (χ3v) is 2.84. The Balaban J connectivity index is 2.75. The number of hydrogen-bond donors (Lipinski definition) is 0. The van der Waals surface area contributed by atoms with E-state index in [0.717, 1.165) is 0 Å². The number of halogens is 1. The van der Waals surface area contributed by atoms with Crippen LogP contribution in [0, 0.1) is 0 Å². The van der Waals surface area contributed by atoms with Crippen molar-refractivity contribution in [1.82, 2.24) is 4.90 Å². The van der Waals surface area contributed by atoms with Crippen molar-refractivity contribution in [2.45, 2.75) is 64.8 Å². The number of carbonyl (C=O) groups is 1. The molecule has 106 valence electrons. The summed E-state index contributed by atoms with van der Waals surface area (Å²) in [5, 5.41) is 0. The Hall–Kier alpha value is -0.840. The molecule has 1 fully saturated rings.